The number of nitro benzene ring substituents is 1. The van der Waals surface area contributed by atoms with Crippen LogP contribution in [0.5, 0.6) is 0 Å². The van der Waals surface area contributed by atoms with Gasteiger partial charge in [0.05, 0.1) is 11.5 Å². The maximum atomic E-state index is 13.8. The molecule has 100 valence electrons. The van der Waals surface area contributed by atoms with Crippen molar-refractivity contribution >= 4 is 17.5 Å². The molecule has 1 heterocycles. The quantitative estimate of drug-likeness (QED) is 0.455. The lowest BCUT2D eigenvalue weighted by Gasteiger charge is -2.24. The molecule has 0 bridgehead atoms. The Morgan fingerprint density at radius 2 is 1.95 bits per heavy atom. The summed E-state index contributed by atoms with van der Waals surface area (Å²) in [6, 6.07) is 3.60. The second-order valence-electron chi connectivity index (χ2n) is 3.87. The second-order valence-corrected chi connectivity index (χ2v) is 3.87. The number of benzene rings is 1. The lowest BCUT2D eigenvalue weighted by Crippen LogP contribution is -2.45. The first-order valence-electron chi connectivity index (χ1n) is 5.33. The molecule has 0 aromatic heterocycles. The van der Waals surface area contributed by atoms with Crippen LogP contribution < -0.4 is 0 Å². The molecular formula is C11H9FN2O5. The van der Waals surface area contributed by atoms with Gasteiger partial charge in [0.15, 0.2) is 0 Å². The van der Waals surface area contributed by atoms with Gasteiger partial charge < -0.3 is 4.74 Å². The molecule has 19 heavy (non-hydrogen) atoms. The number of imide groups is 1. The zero-order valence-corrected chi connectivity index (χ0v) is 9.67. The predicted octanol–water partition coefficient (Wildman–Crippen LogP) is 0.619. The maximum Gasteiger partial charge on any atom is 0.305 e. The Morgan fingerprint density at radius 1 is 1.32 bits per heavy atom. The fourth-order valence-electron chi connectivity index (χ4n) is 1.70. The van der Waals surface area contributed by atoms with Gasteiger partial charge in [-0.25, -0.2) is 0 Å². The van der Waals surface area contributed by atoms with Crippen LogP contribution in [0.15, 0.2) is 18.2 Å². The van der Waals surface area contributed by atoms with E-state index in [4.69, 9.17) is 4.74 Å². The molecule has 0 spiro atoms. The summed E-state index contributed by atoms with van der Waals surface area (Å²) in [5.41, 5.74) is -0.775. The van der Waals surface area contributed by atoms with E-state index in [9.17, 15) is 24.1 Å². The molecule has 2 rings (SSSR count). The minimum Gasteiger partial charge on any atom is -0.362 e. The minimum atomic E-state index is -1.04. The first kappa shape index (κ1) is 13.1. The number of hydrogen-bond acceptors (Lipinski definition) is 5. The van der Waals surface area contributed by atoms with Gasteiger partial charge in [0.1, 0.15) is 13.2 Å². The number of amides is 2. The van der Waals surface area contributed by atoms with Crippen LogP contribution in [0.25, 0.3) is 0 Å². The number of hydrogen-bond donors (Lipinski definition) is 0. The van der Waals surface area contributed by atoms with Crippen LogP contribution in [0.2, 0.25) is 0 Å². The monoisotopic (exact) mass is 268 g/mol. The molecule has 8 heteroatoms. The number of nitro groups is 1. The van der Waals surface area contributed by atoms with Crippen molar-refractivity contribution in [2.24, 2.45) is 0 Å². The smallest absolute Gasteiger partial charge is 0.305 e. The third kappa shape index (κ3) is 2.58. The van der Waals surface area contributed by atoms with Gasteiger partial charge in [0, 0.05) is 11.6 Å². The Labute approximate surface area is 106 Å². The van der Waals surface area contributed by atoms with E-state index in [-0.39, 0.29) is 25.3 Å². The lowest BCUT2D eigenvalue weighted by atomic mass is 10.1. The van der Waals surface area contributed by atoms with Crippen LogP contribution in [0.4, 0.5) is 10.1 Å². The number of morpholine rings is 1. The number of carbonyl (C=O) groups excluding carboxylic acids is 2. The highest BCUT2D eigenvalue weighted by molar-refractivity contribution is 5.98. The summed E-state index contributed by atoms with van der Waals surface area (Å²) in [7, 11) is 0. The molecule has 7 nitrogen and oxygen atoms in total. The van der Waals surface area contributed by atoms with Crippen molar-refractivity contribution in [1.29, 1.82) is 0 Å². The van der Waals surface area contributed by atoms with Crippen molar-refractivity contribution in [3.63, 3.8) is 0 Å². The molecule has 0 N–H and O–H groups in total. The third-order valence-electron chi connectivity index (χ3n) is 2.64. The first-order valence-corrected chi connectivity index (χ1v) is 5.33. The van der Waals surface area contributed by atoms with Crippen molar-refractivity contribution in [2.45, 2.75) is 6.54 Å². The Bertz CT molecular complexity index is 544. The Balaban J connectivity index is 2.28. The summed E-state index contributed by atoms with van der Waals surface area (Å²) in [6.45, 7) is -0.862. The van der Waals surface area contributed by atoms with Gasteiger partial charge in [0.25, 0.3) is 11.8 Å². The molecule has 1 aromatic carbocycles. The number of halogens is 1. The molecule has 2 amide bonds. The molecule has 1 aromatic rings. The van der Waals surface area contributed by atoms with E-state index < -0.39 is 28.2 Å². The molecule has 0 unspecified atom stereocenters. The predicted molar refractivity (Wildman–Crippen MR) is 59.4 cm³/mol. The average Bonchev–Trinajstić information content (AvgIpc) is 2.35. The lowest BCUT2D eigenvalue weighted by molar-refractivity contribution is -0.387. The molecule has 0 atom stereocenters. The topological polar surface area (TPSA) is 89.8 Å². The van der Waals surface area contributed by atoms with Gasteiger partial charge in [-0.15, -0.1) is 0 Å². The molecule has 1 fully saturated rings. The Hall–Kier alpha value is -2.35. The van der Waals surface area contributed by atoms with Crippen LogP contribution in [-0.4, -0.2) is 34.9 Å². The van der Waals surface area contributed by atoms with Crippen LogP contribution in [0.1, 0.15) is 5.56 Å². The fourth-order valence-corrected chi connectivity index (χ4v) is 1.70. The molecule has 0 saturated carbocycles. The average molecular weight is 268 g/mol. The maximum absolute atomic E-state index is 13.8. The molecule has 0 radical (unpaired) electrons. The van der Waals surface area contributed by atoms with Gasteiger partial charge in [-0.1, -0.05) is 12.1 Å². The van der Waals surface area contributed by atoms with Crippen LogP contribution in [0, 0.1) is 15.9 Å². The van der Waals surface area contributed by atoms with Crippen molar-refractivity contribution in [3.05, 3.63) is 39.7 Å². The van der Waals surface area contributed by atoms with E-state index in [0.29, 0.717) is 0 Å². The highest BCUT2D eigenvalue weighted by Crippen LogP contribution is 2.21. The molecular weight excluding hydrogens is 259 g/mol. The summed E-state index contributed by atoms with van der Waals surface area (Å²) in [5.74, 6) is -2.23. The van der Waals surface area contributed by atoms with E-state index >= 15 is 0 Å². The molecule has 0 aliphatic carbocycles. The molecule has 1 saturated heterocycles. The van der Waals surface area contributed by atoms with Crippen LogP contribution >= 0.6 is 0 Å². The Kier molecular flexibility index (Phi) is 3.52. The minimum absolute atomic E-state index is 0.0854. The first-order chi connectivity index (χ1) is 9.00. The fraction of sp³-hybridized carbons (Fsp3) is 0.273. The summed E-state index contributed by atoms with van der Waals surface area (Å²) in [4.78, 5) is 33.5. The SMILES string of the molecule is O=C1COCC(=O)N1Cc1cccc([N+](=O)[O-])c1F. The highest BCUT2D eigenvalue weighted by Gasteiger charge is 2.28. The van der Waals surface area contributed by atoms with Gasteiger partial charge >= 0.3 is 5.69 Å². The summed E-state index contributed by atoms with van der Waals surface area (Å²) < 4.78 is 18.5. The van der Waals surface area contributed by atoms with E-state index in [0.717, 1.165) is 11.0 Å². The second kappa shape index (κ2) is 5.11. The van der Waals surface area contributed by atoms with Gasteiger partial charge in [-0.2, -0.15) is 4.39 Å². The van der Waals surface area contributed by atoms with Crippen molar-refractivity contribution < 1.29 is 23.6 Å². The third-order valence-corrected chi connectivity index (χ3v) is 2.64. The van der Waals surface area contributed by atoms with Crippen molar-refractivity contribution in [2.75, 3.05) is 13.2 Å². The van der Waals surface area contributed by atoms with Gasteiger partial charge in [0.2, 0.25) is 5.82 Å². The molecule has 1 aliphatic rings. The number of ether oxygens (including phenoxy) is 1. The highest BCUT2D eigenvalue weighted by atomic mass is 19.1. The van der Waals surface area contributed by atoms with E-state index in [1.165, 1.54) is 12.1 Å². The van der Waals surface area contributed by atoms with E-state index in [2.05, 4.69) is 0 Å². The number of rotatable bonds is 3. The van der Waals surface area contributed by atoms with Crippen molar-refractivity contribution in [1.82, 2.24) is 4.90 Å². The van der Waals surface area contributed by atoms with Crippen LogP contribution in [-0.2, 0) is 20.9 Å². The zero-order valence-electron chi connectivity index (χ0n) is 9.67. The largest absolute Gasteiger partial charge is 0.362 e. The summed E-state index contributed by atoms with van der Waals surface area (Å²) in [6.07, 6.45) is 0. The Morgan fingerprint density at radius 3 is 2.53 bits per heavy atom. The summed E-state index contributed by atoms with van der Waals surface area (Å²) >= 11 is 0. The van der Waals surface area contributed by atoms with Crippen LogP contribution in [0.3, 0.4) is 0 Å². The summed E-state index contributed by atoms with van der Waals surface area (Å²) in [5, 5.41) is 10.6. The standard InChI is InChI=1S/C11H9FN2O5/c12-11-7(2-1-3-8(11)14(17)18)4-13-9(15)5-19-6-10(13)16/h1-3H,4-6H2. The molecule has 1 aliphatic heterocycles. The number of nitrogens with zero attached hydrogens (tertiary/aromatic N) is 2. The van der Waals surface area contributed by atoms with Gasteiger partial charge in [-0.05, 0) is 0 Å². The van der Waals surface area contributed by atoms with E-state index in [1.807, 2.05) is 0 Å². The van der Waals surface area contributed by atoms with Crippen molar-refractivity contribution in [3.8, 4) is 0 Å². The zero-order chi connectivity index (χ0) is 14.0. The number of carbonyl (C=O) groups is 2. The van der Waals surface area contributed by atoms with Gasteiger partial charge in [-0.3, -0.25) is 24.6 Å². The van der Waals surface area contributed by atoms with E-state index in [1.54, 1.807) is 0 Å². The normalized spacial score (nSPS) is 15.7.